The van der Waals surface area contributed by atoms with Gasteiger partial charge >= 0.3 is 6.03 Å². The molecule has 3 N–H and O–H groups in total. The lowest BCUT2D eigenvalue weighted by Crippen LogP contribution is -2.19. The average molecular weight is 445 g/mol. The molecule has 2 amide bonds. The minimum Gasteiger partial charge on any atom is -0.351 e. The van der Waals surface area contributed by atoms with Gasteiger partial charge in [-0.25, -0.2) is 14.5 Å². The number of aromatic nitrogens is 4. The number of thiazole rings is 1. The minimum absolute atomic E-state index is 0.514. The van der Waals surface area contributed by atoms with Crippen molar-refractivity contribution < 1.29 is 4.79 Å². The summed E-state index contributed by atoms with van der Waals surface area (Å²) in [7, 11) is 0. The van der Waals surface area contributed by atoms with Crippen LogP contribution >= 0.6 is 11.3 Å². The van der Waals surface area contributed by atoms with Gasteiger partial charge < -0.3 is 5.73 Å². The summed E-state index contributed by atoms with van der Waals surface area (Å²) in [6.45, 7) is 4.24. The first-order valence-electron chi connectivity index (χ1n) is 10.7. The fraction of sp³-hybridized carbons (Fsp3) is 0.250. The van der Waals surface area contributed by atoms with Crippen molar-refractivity contribution in [3.63, 3.8) is 0 Å². The lowest BCUT2D eigenvalue weighted by Gasteiger charge is -2.15. The van der Waals surface area contributed by atoms with Crippen LogP contribution in [0.25, 0.3) is 27.5 Å². The number of fused-ring (bicyclic) bond motifs is 3. The first kappa shape index (κ1) is 20.4. The van der Waals surface area contributed by atoms with E-state index in [0.717, 1.165) is 70.2 Å². The van der Waals surface area contributed by atoms with Gasteiger partial charge in [0.1, 0.15) is 0 Å². The topological polar surface area (TPSA) is 98.7 Å². The fourth-order valence-corrected chi connectivity index (χ4v) is 5.28. The van der Waals surface area contributed by atoms with Crippen LogP contribution in [0.1, 0.15) is 35.9 Å². The summed E-state index contributed by atoms with van der Waals surface area (Å²) in [6.07, 6.45) is 5.57. The first-order chi connectivity index (χ1) is 15.5. The molecule has 8 heteroatoms. The molecule has 1 aliphatic carbocycles. The highest BCUT2D eigenvalue weighted by Crippen LogP contribution is 2.44. The Labute approximate surface area is 190 Å². The summed E-state index contributed by atoms with van der Waals surface area (Å²) in [5, 5.41) is 8.22. The van der Waals surface area contributed by atoms with Crippen LogP contribution in [0.3, 0.4) is 0 Å². The number of anilines is 1. The molecule has 32 heavy (non-hydrogen) atoms. The monoisotopic (exact) mass is 444 g/mol. The summed E-state index contributed by atoms with van der Waals surface area (Å²) in [5.41, 5.74) is 13.7. The molecule has 0 atom stereocenters. The van der Waals surface area contributed by atoms with Crippen molar-refractivity contribution in [3.05, 3.63) is 65.1 Å². The maximum absolute atomic E-state index is 11.4. The van der Waals surface area contributed by atoms with Gasteiger partial charge in [-0.1, -0.05) is 42.9 Å². The number of carbonyl (C=O) groups excluding carboxylic acids is 1. The zero-order valence-corrected chi connectivity index (χ0v) is 18.9. The van der Waals surface area contributed by atoms with Crippen molar-refractivity contribution in [1.82, 2.24) is 19.7 Å². The second-order valence-electron chi connectivity index (χ2n) is 7.95. The van der Waals surface area contributed by atoms with E-state index in [4.69, 9.17) is 10.8 Å². The Bertz CT molecular complexity index is 1300. The Balaban J connectivity index is 1.70. The summed E-state index contributed by atoms with van der Waals surface area (Å²) in [4.78, 5) is 21.7. The van der Waals surface area contributed by atoms with Gasteiger partial charge in [-0.2, -0.15) is 5.10 Å². The third-order valence-electron chi connectivity index (χ3n) is 5.69. The maximum Gasteiger partial charge on any atom is 0.318 e. The Hall–Kier alpha value is -3.52. The average Bonchev–Trinajstić information content (AvgIpc) is 3.35. The molecule has 4 aromatic rings. The summed E-state index contributed by atoms with van der Waals surface area (Å²) in [6, 6.07) is 11.8. The normalized spacial score (nSPS) is 12.3. The molecular formula is C24H24N6OS. The van der Waals surface area contributed by atoms with E-state index in [1.807, 2.05) is 23.0 Å². The van der Waals surface area contributed by atoms with Crippen LogP contribution in [-0.4, -0.2) is 25.8 Å². The van der Waals surface area contributed by atoms with Crippen molar-refractivity contribution in [1.29, 1.82) is 0 Å². The molecule has 0 fully saturated rings. The van der Waals surface area contributed by atoms with Crippen molar-refractivity contribution in [3.8, 4) is 27.5 Å². The SMILES string of the molecule is CCCc1ccc(-c2nn(-c3ccccc3C)c3c2CCc2nc(NC(N)=O)sc2-3)cn1. The molecule has 0 radical (unpaired) electrons. The molecule has 0 saturated carbocycles. The highest BCUT2D eigenvalue weighted by Gasteiger charge is 2.30. The number of urea groups is 1. The van der Waals surface area contributed by atoms with Crippen LogP contribution in [-0.2, 0) is 19.3 Å². The molecule has 1 aliphatic rings. The number of aryl methyl sites for hydroxylation is 3. The number of carbonyl (C=O) groups is 1. The van der Waals surface area contributed by atoms with Crippen LogP contribution in [0, 0.1) is 6.92 Å². The van der Waals surface area contributed by atoms with Crippen molar-refractivity contribution >= 4 is 22.5 Å². The second kappa shape index (κ2) is 8.20. The van der Waals surface area contributed by atoms with E-state index in [1.54, 1.807) is 0 Å². The van der Waals surface area contributed by atoms with Crippen molar-refractivity contribution in [2.45, 2.75) is 39.5 Å². The maximum atomic E-state index is 11.4. The predicted octanol–water partition coefficient (Wildman–Crippen LogP) is 4.91. The van der Waals surface area contributed by atoms with Gasteiger partial charge in [0.25, 0.3) is 0 Å². The van der Waals surface area contributed by atoms with Gasteiger partial charge in [0.2, 0.25) is 0 Å². The van der Waals surface area contributed by atoms with Gasteiger partial charge in [0.15, 0.2) is 5.13 Å². The quantitative estimate of drug-likeness (QED) is 0.457. The molecule has 3 heterocycles. The molecule has 1 aromatic carbocycles. The van der Waals surface area contributed by atoms with E-state index >= 15 is 0 Å². The number of hydrogen-bond donors (Lipinski definition) is 2. The molecule has 0 spiro atoms. The van der Waals surface area contributed by atoms with Gasteiger partial charge in [0.05, 0.1) is 27.6 Å². The number of rotatable bonds is 5. The Kier molecular flexibility index (Phi) is 5.22. The number of primary amides is 1. The molecular weight excluding hydrogens is 420 g/mol. The summed E-state index contributed by atoms with van der Waals surface area (Å²) < 4.78 is 2.02. The Morgan fingerprint density at radius 1 is 1.22 bits per heavy atom. The molecule has 0 saturated heterocycles. The number of hydrogen-bond acceptors (Lipinski definition) is 5. The Morgan fingerprint density at radius 3 is 2.78 bits per heavy atom. The molecule has 0 bridgehead atoms. The fourth-order valence-electron chi connectivity index (χ4n) is 4.20. The molecule has 162 valence electrons. The second-order valence-corrected chi connectivity index (χ2v) is 8.95. The first-order valence-corrected chi connectivity index (χ1v) is 11.6. The number of pyridine rings is 1. The van der Waals surface area contributed by atoms with Crippen molar-refractivity contribution in [2.24, 2.45) is 5.73 Å². The number of benzene rings is 1. The molecule has 3 aromatic heterocycles. The number of amides is 2. The summed E-state index contributed by atoms with van der Waals surface area (Å²) >= 11 is 1.44. The predicted molar refractivity (Wildman–Crippen MR) is 127 cm³/mol. The standard InChI is InChI=1S/C24H24N6OS/c1-3-6-16-10-9-15(13-26-16)20-17-11-12-18-22(32-24(27-18)28-23(25)31)21(17)30(29-20)19-8-5-4-7-14(19)2/h4-5,7-10,13H,3,6,11-12H2,1-2H3,(H3,25,27,28,31). The lowest BCUT2D eigenvalue weighted by atomic mass is 9.95. The van der Waals surface area contributed by atoms with E-state index in [0.29, 0.717) is 5.13 Å². The van der Waals surface area contributed by atoms with Gasteiger partial charge in [0, 0.05) is 23.0 Å². The highest BCUT2D eigenvalue weighted by atomic mass is 32.1. The van der Waals surface area contributed by atoms with Crippen LogP contribution in [0.4, 0.5) is 9.93 Å². The van der Waals surface area contributed by atoms with Crippen LogP contribution in [0.5, 0.6) is 0 Å². The van der Waals surface area contributed by atoms with Crippen LogP contribution in [0.15, 0.2) is 42.6 Å². The van der Waals surface area contributed by atoms with Crippen molar-refractivity contribution in [2.75, 3.05) is 5.32 Å². The molecule has 7 nitrogen and oxygen atoms in total. The van der Waals surface area contributed by atoms with E-state index in [2.05, 4.69) is 53.4 Å². The third-order valence-corrected chi connectivity index (χ3v) is 6.71. The number of nitrogens with two attached hydrogens (primary N) is 1. The van der Waals surface area contributed by atoms with Gasteiger partial charge in [-0.15, -0.1) is 0 Å². The van der Waals surface area contributed by atoms with E-state index in [-0.39, 0.29) is 0 Å². The van der Waals surface area contributed by atoms with Crippen LogP contribution < -0.4 is 11.1 Å². The largest absolute Gasteiger partial charge is 0.351 e. The lowest BCUT2D eigenvalue weighted by molar-refractivity contribution is 0.259. The van der Waals surface area contributed by atoms with Gasteiger partial charge in [-0.05, 0) is 49.9 Å². The zero-order valence-electron chi connectivity index (χ0n) is 18.1. The number of nitrogens with zero attached hydrogens (tertiary/aromatic N) is 4. The van der Waals surface area contributed by atoms with E-state index in [9.17, 15) is 4.79 Å². The molecule has 5 rings (SSSR count). The van der Waals surface area contributed by atoms with Gasteiger partial charge in [-0.3, -0.25) is 10.3 Å². The summed E-state index contributed by atoms with van der Waals surface area (Å²) in [5.74, 6) is 0. The van der Waals surface area contributed by atoms with E-state index in [1.165, 1.54) is 16.9 Å². The van der Waals surface area contributed by atoms with Crippen LogP contribution in [0.2, 0.25) is 0 Å². The number of para-hydroxylation sites is 1. The molecule has 0 aliphatic heterocycles. The smallest absolute Gasteiger partial charge is 0.318 e. The highest BCUT2D eigenvalue weighted by molar-refractivity contribution is 7.19. The Morgan fingerprint density at radius 2 is 2.06 bits per heavy atom. The third kappa shape index (κ3) is 3.56. The number of nitrogens with one attached hydrogen (secondary N) is 1. The zero-order chi connectivity index (χ0) is 22.2. The molecule has 0 unspecified atom stereocenters. The minimum atomic E-state index is -0.609. The van der Waals surface area contributed by atoms with E-state index < -0.39 is 6.03 Å².